The molecule has 2 amide bonds. The normalized spacial score (nSPS) is 30.4. The predicted octanol–water partition coefficient (Wildman–Crippen LogP) is 1.96. The number of nitrogens with zero attached hydrogens (tertiary/aromatic N) is 4. The third-order valence-electron chi connectivity index (χ3n) is 6.61. The van der Waals surface area contributed by atoms with Crippen LogP contribution in [0, 0.1) is 33.8 Å². The van der Waals surface area contributed by atoms with Crippen molar-refractivity contribution in [1.29, 1.82) is 0 Å². The summed E-state index contributed by atoms with van der Waals surface area (Å²) in [5.41, 5.74) is 0.966. The average molecular weight is 410 g/mol. The Morgan fingerprint density at radius 3 is 2.27 bits per heavy atom. The van der Waals surface area contributed by atoms with E-state index in [-0.39, 0.29) is 41.2 Å². The number of allylic oxidation sites excluding steroid dienone is 2. The van der Waals surface area contributed by atoms with Crippen molar-refractivity contribution < 1.29 is 19.2 Å². The maximum atomic E-state index is 12.8. The Labute approximate surface area is 173 Å². The minimum Gasteiger partial charge on any atom is -0.378 e. The lowest BCUT2D eigenvalue weighted by Crippen LogP contribution is -2.38. The molecule has 1 aromatic carbocycles. The van der Waals surface area contributed by atoms with E-state index in [9.17, 15) is 19.7 Å². The number of hydrazone groups is 1. The molecule has 2 heterocycles. The van der Waals surface area contributed by atoms with Gasteiger partial charge in [-0.2, -0.15) is 10.1 Å². The smallest absolute Gasteiger partial charge is 0.293 e. The number of ether oxygens (including phenoxy) is 1. The van der Waals surface area contributed by atoms with Crippen molar-refractivity contribution in [2.45, 2.75) is 12.8 Å². The molecule has 1 saturated carbocycles. The van der Waals surface area contributed by atoms with Crippen molar-refractivity contribution in [3.05, 3.63) is 46.0 Å². The van der Waals surface area contributed by atoms with Crippen molar-refractivity contribution in [2.24, 2.45) is 28.8 Å². The molecule has 2 bridgehead atoms. The molecule has 2 aliphatic heterocycles. The number of anilines is 1. The zero-order valence-corrected chi connectivity index (χ0v) is 16.3. The van der Waals surface area contributed by atoms with Crippen LogP contribution in [-0.4, -0.2) is 54.3 Å². The predicted molar refractivity (Wildman–Crippen MR) is 108 cm³/mol. The number of morpholine rings is 1. The van der Waals surface area contributed by atoms with E-state index in [1.165, 1.54) is 12.3 Å². The number of nitro groups is 1. The minimum atomic E-state index is -0.424. The van der Waals surface area contributed by atoms with Gasteiger partial charge in [-0.25, -0.2) is 0 Å². The van der Waals surface area contributed by atoms with Crippen LogP contribution in [0.4, 0.5) is 11.4 Å². The van der Waals surface area contributed by atoms with Gasteiger partial charge < -0.3 is 9.64 Å². The molecule has 5 aliphatic rings. The molecular weight excluding hydrogens is 388 g/mol. The number of hydrogen-bond donors (Lipinski definition) is 0. The highest BCUT2D eigenvalue weighted by Crippen LogP contribution is 2.49. The van der Waals surface area contributed by atoms with Gasteiger partial charge in [-0.15, -0.1) is 0 Å². The number of benzene rings is 1. The zero-order valence-electron chi connectivity index (χ0n) is 16.3. The Morgan fingerprint density at radius 2 is 1.70 bits per heavy atom. The first-order chi connectivity index (χ1) is 14.5. The zero-order chi connectivity index (χ0) is 20.8. The van der Waals surface area contributed by atoms with Crippen molar-refractivity contribution in [3.8, 4) is 0 Å². The summed E-state index contributed by atoms with van der Waals surface area (Å²) in [6.07, 6.45) is 7.32. The molecule has 0 unspecified atom stereocenters. The van der Waals surface area contributed by atoms with E-state index in [0.29, 0.717) is 37.6 Å². The first kappa shape index (κ1) is 18.9. The van der Waals surface area contributed by atoms with Gasteiger partial charge in [0.25, 0.3) is 17.5 Å². The van der Waals surface area contributed by atoms with E-state index in [1.807, 2.05) is 4.90 Å². The lowest BCUT2D eigenvalue weighted by Gasteiger charge is -2.37. The van der Waals surface area contributed by atoms with Crippen LogP contribution >= 0.6 is 0 Å². The third-order valence-corrected chi connectivity index (χ3v) is 6.61. The van der Waals surface area contributed by atoms with E-state index < -0.39 is 4.92 Å². The Hall–Kier alpha value is -3.07. The van der Waals surface area contributed by atoms with E-state index in [1.54, 1.807) is 12.1 Å². The molecule has 4 atom stereocenters. The minimum absolute atomic E-state index is 0.0316. The second-order valence-electron chi connectivity index (χ2n) is 8.18. The Bertz CT molecular complexity index is 936. The molecular formula is C21H22N4O5. The molecule has 30 heavy (non-hydrogen) atoms. The highest BCUT2D eigenvalue weighted by molar-refractivity contribution is 6.06. The van der Waals surface area contributed by atoms with Crippen LogP contribution < -0.4 is 4.90 Å². The van der Waals surface area contributed by atoms with Crippen LogP contribution in [0.2, 0.25) is 0 Å². The standard InChI is InChI=1S/C21H22N4O5/c26-20-18-14-2-3-15(5-4-14)19(18)21(27)24(20)22-12-13-1-6-16(17(11-13)25(28)29)23-7-9-30-10-8-23/h1-3,6,11-12,14-15,18-19H,4-5,7-10H2/b22-12-/t14-,15-,18-,19-/m0/s1. The quantitative estimate of drug-likeness (QED) is 0.247. The van der Waals surface area contributed by atoms with Gasteiger partial charge in [0.15, 0.2) is 0 Å². The van der Waals surface area contributed by atoms with Gasteiger partial charge in [0, 0.05) is 24.7 Å². The van der Waals surface area contributed by atoms with Crippen LogP contribution in [0.5, 0.6) is 0 Å². The van der Waals surface area contributed by atoms with Crippen molar-refractivity contribution in [1.82, 2.24) is 5.01 Å². The first-order valence-electron chi connectivity index (χ1n) is 10.3. The maximum absolute atomic E-state index is 12.8. The highest BCUT2D eigenvalue weighted by atomic mass is 16.6. The molecule has 9 heteroatoms. The van der Waals surface area contributed by atoms with Crippen LogP contribution in [0.3, 0.4) is 0 Å². The lowest BCUT2D eigenvalue weighted by molar-refractivity contribution is -0.384. The number of hydrogen-bond acceptors (Lipinski definition) is 7. The van der Waals surface area contributed by atoms with E-state index in [0.717, 1.165) is 17.9 Å². The van der Waals surface area contributed by atoms with Crippen LogP contribution in [-0.2, 0) is 14.3 Å². The number of amides is 2. The molecule has 3 fully saturated rings. The van der Waals surface area contributed by atoms with Crippen molar-refractivity contribution >= 4 is 29.4 Å². The SMILES string of the molecule is O=C1[C@@H]2[C@@H](C(=O)N1/N=C\c1ccc(N3CCOCC3)c([N+](=O)[O-])c1)[C@H]1C=C[C@H]2CC1. The number of fused-ring (bicyclic) bond motifs is 1. The maximum Gasteiger partial charge on any atom is 0.293 e. The summed E-state index contributed by atoms with van der Waals surface area (Å²) in [6, 6.07) is 4.82. The van der Waals surface area contributed by atoms with E-state index in [4.69, 9.17) is 4.74 Å². The molecule has 2 saturated heterocycles. The number of carbonyl (C=O) groups is 2. The molecule has 156 valence electrons. The van der Waals surface area contributed by atoms with Crippen molar-refractivity contribution in [3.63, 3.8) is 0 Å². The van der Waals surface area contributed by atoms with Gasteiger partial charge >= 0.3 is 0 Å². The van der Waals surface area contributed by atoms with Crippen LogP contribution in [0.1, 0.15) is 18.4 Å². The molecule has 1 aromatic rings. The summed E-state index contributed by atoms with van der Waals surface area (Å²) < 4.78 is 5.31. The Morgan fingerprint density at radius 1 is 1.07 bits per heavy atom. The molecule has 6 rings (SSSR count). The van der Waals surface area contributed by atoms with Crippen molar-refractivity contribution in [2.75, 3.05) is 31.2 Å². The third kappa shape index (κ3) is 3.00. The largest absolute Gasteiger partial charge is 0.378 e. The Kier molecular flexibility index (Phi) is 4.62. The number of carbonyl (C=O) groups excluding carboxylic acids is 2. The number of rotatable bonds is 4. The summed E-state index contributed by atoms with van der Waals surface area (Å²) in [5.74, 6) is -0.969. The van der Waals surface area contributed by atoms with E-state index >= 15 is 0 Å². The topological polar surface area (TPSA) is 105 Å². The molecule has 0 spiro atoms. The fraction of sp³-hybridized carbons (Fsp3) is 0.476. The van der Waals surface area contributed by atoms with Gasteiger partial charge in [0.05, 0.1) is 36.2 Å². The summed E-state index contributed by atoms with van der Waals surface area (Å²) >= 11 is 0. The molecule has 0 radical (unpaired) electrons. The van der Waals surface area contributed by atoms with Gasteiger partial charge in [-0.05, 0) is 30.7 Å². The number of nitro benzene ring substituents is 1. The lowest BCUT2D eigenvalue weighted by atomic mass is 9.63. The highest BCUT2D eigenvalue weighted by Gasteiger charge is 2.56. The molecule has 9 nitrogen and oxygen atoms in total. The Balaban J connectivity index is 1.39. The summed E-state index contributed by atoms with van der Waals surface area (Å²) in [5, 5.41) is 16.7. The summed E-state index contributed by atoms with van der Waals surface area (Å²) in [6.45, 7) is 2.23. The fourth-order valence-electron chi connectivity index (χ4n) is 5.14. The van der Waals surface area contributed by atoms with Gasteiger partial charge in [-0.1, -0.05) is 18.2 Å². The van der Waals surface area contributed by atoms with Gasteiger partial charge in [-0.3, -0.25) is 19.7 Å². The first-order valence-corrected chi connectivity index (χ1v) is 10.3. The monoisotopic (exact) mass is 410 g/mol. The second-order valence-corrected chi connectivity index (χ2v) is 8.18. The average Bonchev–Trinajstić information content (AvgIpc) is 3.05. The van der Waals surface area contributed by atoms with E-state index in [2.05, 4.69) is 17.3 Å². The molecule has 0 N–H and O–H groups in total. The van der Waals surface area contributed by atoms with Gasteiger partial charge in [0.1, 0.15) is 5.69 Å². The fourth-order valence-corrected chi connectivity index (χ4v) is 5.14. The summed E-state index contributed by atoms with van der Waals surface area (Å²) in [4.78, 5) is 38.8. The van der Waals surface area contributed by atoms with Crippen LogP contribution in [0.25, 0.3) is 0 Å². The van der Waals surface area contributed by atoms with Gasteiger partial charge in [0.2, 0.25) is 0 Å². The number of imide groups is 1. The summed E-state index contributed by atoms with van der Waals surface area (Å²) in [7, 11) is 0. The van der Waals surface area contributed by atoms with Crippen LogP contribution in [0.15, 0.2) is 35.5 Å². The molecule has 0 aromatic heterocycles. The molecule has 3 aliphatic carbocycles. The second kappa shape index (κ2) is 7.32.